The summed E-state index contributed by atoms with van der Waals surface area (Å²) in [6.07, 6.45) is 0.360. The largest absolute Gasteiger partial charge is 0.492 e. The fraction of sp³-hybridized carbons (Fsp3) is 0.368. The first kappa shape index (κ1) is 21.7. The average molecular weight is 458 g/mol. The summed E-state index contributed by atoms with van der Waals surface area (Å²) in [5, 5.41) is 13.1. The minimum atomic E-state index is -3.39. The first-order valence-electron chi connectivity index (χ1n) is 8.46. The van der Waals surface area contributed by atoms with Crippen molar-refractivity contribution in [2.75, 3.05) is 32.6 Å². The third-order valence-corrected chi connectivity index (χ3v) is 5.34. The molecule has 0 saturated carbocycles. The van der Waals surface area contributed by atoms with Crippen LogP contribution in [0.15, 0.2) is 51.8 Å². The summed E-state index contributed by atoms with van der Waals surface area (Å²) < 4.78 is 35.7. The number of aryl methyl sites for hydroxylation is 1. The Bertz CT molecular complexity index is 840. The van der Waals surface area contributed by atoms with Crippen molar-refractivity contribution in [1.29, 1.82) is 0 Å². The molecular formula is C19H24BrNO5S. The van der Waals surface area contributed by atoms with Crippen molar-refractivity contribution in [3.63, 3.8) is 0 Å². The summed E-state index contributed by atoms with van der Waals surface area (Å²) >= 11 is 3.36. The van der Waals surface area contributed by atoms with E-state index in [2.05, 4.69) is 21.2 Å². The van der Waals surface area contributed by atoms with E-state index in [4.69, 9.17) is 9.47 Å². The van der Waals surface area contributed by atoms with Gasteiger partial charge in [-0.3, -0.25) is 0 Å². The second kappa shape index (κ2) is 10.1. The van der Waals surface area contributed by atoms with Gasteiger partial charge in [-0.25, -0.2) is 8.42 Å². The fourth-order valence-corrected chi connectivity index (χ4v) is 3.38. The molecule has 0 aliphatic rings. The number of nitrogens with one attached hydrogen (secondary N) is 1. The molecule has 0 fully saturated rings. The maximum absolute atomic E-state index is 11.8. The summed E-state index contributed by atoms with van der Waals surface area (Å²) in [7, 11) is -3.39. The Labute approximate surface area is 168 Å². The number of aliphatic hydroxyl groups excluding tert-OH is 1. The fourth-order valence-electron chi connectivity index (χ4n) is 2.32. The standard InChI is InChI=1S/C19H24BrNO5S/c1-14-3-8-19(27(2,23)24)18(11-14)26-13-16(22)12-21-9-10-25-17-6-4-15(20)5-7-17/h3-8,11,16,21-22H,9-10,12-13H2,1-2H3. The number of hydrogen-bond acceptors (Lipinski definition) is 6. The van der Waals surface area contributed by atoms with Gasteiger partial charge in [-0.15, -0.1) is 0 Å². The minimum Gasteiger partial charge on any atom is -0.492 e. The van der Waals surface area contributed by atoms with Crippen LogP contribution in [0, 0.1) is 6.92 Å². The third kappa shape index (κ3) is 7.50. The van der Waals surface area contributed by atoms with Crippen LogP contribution in [0.3, 0.4) is 0 Å². The van der Waals surface area contributed by atoms with E-state index in [1.54, 1.807) is 12.1 Å². The van der Waals surface area contributed by atoms with E-state index in [9.17, 15) is 13.5 Å². The van der Waals surface area contributed by atoms with E-state index in [0.29, 0.717) is 19.7 Å². The smallest absolute Gasteiger partial charge is 0.179 e. The minimum absolute atomic E-state index is 0.00740. The lowest BCUT2D eigenvalue weighted by atomic mass is 10.2. The molecule has 0 bridgehead atoms. The molecule has 0 saturated heterocycles. The van der Waals surface area contributed by atoms with Crippen molar-refractivity contribution in [3.8, 4) is 11.5 Å². The number of hydrogen-bond donors (Lipinski definition) is 2. The third-order valence-electron chi connectivity index (χ3n) is 3.67. The van der Waals surface area contributed by atoms with Crippen LogP contribution in [0.1, 0.15) is 5.56 Å². The Balaban J connectivity index is 1.73. The van der Waals surface area contributed by atoms with Crippen molar-refractivity contribution in [1.82, 2.24) is 5.32 Å². The summed E-state index contributed by atoms with van der Waals surface area (Å²) in [6, 6.07) is 12.4. The second-order valence-corrected chi connectivity index (χ2v) is 9.09. The molecule has 0 aliphatic heterocycles. The van der Waals surface area contributed by atoms with Crippen LogP contribution in [-0.4, -0.2) is 52.2 Å². The van der Waals surface area contributed by atoms with Gasteiger partial charge >= 0.3 is 0 Å². The van der Waals surface area contributed by atoms with Gasteiger partial charge in [-0.05, 0) is 48.9 Å². The first-order chi connectivity index (χ1) is 12.8. The second-order valence-electron chi connectivity index (χ2n) is 6.19. The van der Waals surface area contributed by atoms with Crippen LogP contribution < -0.4 is 14.8 Å². The monoisotopic (exact) mass is 457 g/mol. The number of aliphatic hydroxyl groups is 1. The van der Waals surface area contributed by atoms with Gasteiger partial charge in [0.15, 0.2) is 9.84 Å². The van der Waals surface area contributed by atoms with Gasteiger partial charge in [0.1, 0.15) is 35.7 Å². The highest BCUT2D eigenvalue weighted by atomic mass is 79.9. The normalized spacial score (nSPS) is 12.6. The summed E-state index contributed by atoms with van der Waals surface area (Å²) in [5.41, 5.74) is 0.884. The zero-order valence-corrected chi connectivity index (χ0v) is 17.7. The zero-order chi connectivity index (χ0) is 19.9. The van der Waals surface area contributed by atoms with Gasteiger partial charge in [0.05, 0.1) is 0 Å². The molecule has 1 atom stereocenters. The van der Waals surface area contributed by atoms with Crippen molar-refractivity contribution in [2.24, 2.45) is 0 Å². The number of sulfone groups is 1. The van der Waals surface area contributed by atoms with Gasteiger partial charge in [0.2, 0.25) is 0 Å². The summed E-state index contributed by atoms with van der Waals surface area (Å²) in [5.74, 6) is 1.03. The molecular weight excluding hydrogens is 434 g/mol. The highest BCUT2D eigenvalue weighted by molar-refractivity contribution is 9.10. The van der Waals surface area contributed by atoms with E-state index in [1.807, 2.05) is 31.2 Å². The lowest BCUT2D eigenvalue weighted by Crippen LogP contribution is -2.33. The van der Waals surface area contributed by atoms with Crippen molar-refractivity contribution < 1.29 is 23.0 Å². The van der Waals surface area contributed by atoms with Gasteiger partial charge in [0.25, 0.3) is 0 Å². The van der Waals surface area contributed by atoms with E-state index >= 15 is 0 Å². The van der Waals surface area contributed by atoms with E-state index < -0.39 is 15.9 Å². The highest BCUT2D eigenvalue weighted by Gasteiger charge is 2.15. The Kier molecular flexibility index (Phi) is 8.09. The quantitative estimate of drug-likeness (QED) is 0.533. The first-order valence-corrected chi connectivity index (χ1v) is 11.1. The van der Waals surface area contributed by atoms with Gasteiger partial charge in [0, 0.05) is 23.8 Å². The summed E-state index contributed by atoms with van der Waals surface area (Å²) in [4.78, 5) is 0.121. The molecule has 0 heterocycles. The van der Waals surface area contributed by atoms with Crippen LogP contribution in [0.5, 0.6) is 11.5 Å². The number of ether oxygens (including phenoxy) is 2. The topological polar surface area (TPSA) is 84.9 Å². The Morgan fingerprint density at radius 3 is 2.52 bits per heavy atom. The van der Waals surface area contributed by atoms with Crippen LogP contribution in [0.4, 0.5) is 0 Å². The predicted molar refractivity (Wildman–Crippen MR) is 108 cm³/mol. The SMILES string of the molecule is Cc1ccc(S(C)(=O)=O)c(OCC(O)CNCCOc2ccc(Br)cc2)c1. The molecule has 1 unspecified atom stereocenters. The molecule has 2 rings (SSSR count). The molecule has 0 spiro atoms. The predicted octanol–water partition coefficient (Wildman–Crippen LogP) is 2.57. The molecule has 2 aromatic rings. The van der Waals surface area contributed by atoms with Gasteiger partial charge in [-0.1, -0.05) is 22.0 Å². The number of benzene rings is 2. The molecule has 0 aromatic heterocycles. The Morgan fingerprint density at radius 1 is 1.15 bits per heavy atom. The van der Waals surface area contributed by atoms with E-state index in [0.717, 1.165) is 22.0 Å². The lowest BCUT2D eigenvalue weighted by molar-refractivity contribution is 0.104. The van der Waals surface area contributed by atoms with Gasteiger partial charge in [-0.2, -0.15) is 0 Å². The van der Waals surface area contributed by atoms with Crippen molar-refractivity contribution >= 4 is 25.8 Å². The molecule has 27 heavy (non-hydrogen) atoms. The molecule has 6 nitrogen and oxygen atoms in total. The van der Waals surface area contributed by atoms with Crippen LogP contribution in [0.2, 0.25) is 0 Å². The number of halogens is 1. The average Bonchev–Trinajstić information content (AvgIpc) is 2.60. The Morgan fingerprint density at radius 2 is 1.85 bits per heavy atom. The van der Waals surface area contributed by atoms with E-state index in [-0.39, 0.29) is 17.3 Å². The van der Waals surface area contributed by atoms with Crippen LogP contribution in [-0.2, 0) is 9.84 Å². The van der Waals surface area contributed by atoms with Crippen LogP contribution in [0.25, 0.3) is 0 Å². The summed E-state index contributed by atoms with van der Waals surface area (Å²) in [6.45, 7) is 3.18. The lowest BCUT2D eigenvalue weighted by Gasteiger charge is -2.15. The molecule has 0 amide bonds. The molecule has 2 aromatic carbocycles. The molecule has 0 aliphatic carbocycles. The van der Waals surface area contributed by atoms with Crippen LogP contribution >= 0.6 is 15.9 Å². The highest BCUT2D eigenvalue weighted by Crippen LogP contribution is 2.25. The van der Waals surface area contributed by atoms with Gasteiger partial charge < -0.3 is 19.9 Å². The molecule has 2 N–H and O–H groups in total. The molecule has 148 valence electrons. The number of rotatable bonds is 10. The van der Waals surface area contributed by atoms with Crippen molar-refractivity contribution in [2.45, 2.75) is 17.9 Å². The zero-order valence-electron chi connectivity index (χ0n) is 15.3. The molecule has 0 radical (unpaired) electrons. The van der Waals surface area contributed by atoms with Crippen molar-refractivity contribution in [3.05, 3.63) is 52.5 Å². The Hall–Kier alpha value is -1.61. The maximum Gasteiger partial charge on any atom is 0.179 e. The van der Waals surface area contributed by atoms with E-state index in [1.165, 1.54) is 6.07 Å². The molecule has 8 heteroatoms. The maximum atomic E-state index is 11.8.